The van der Waals surface area contributed by atoms with Crippen LogP contribution in [0.1, 0.15) is 11.1 Å². The van der Waals surface area contributed by atoms with Crippen molar-refractivity contribution in [1.82, 2.24) is 0 Å². The number of hydrogen-bond donors (Lipinski definition) is 1. The van der Waals surface area contributed by atoms with Gasteiger partial charge in [0.1, 0.15) is 0 Å². The van der Waals surface area contributed by atoms with Crippen molar-refractivity contribution < 1.29 is 9.90 Å². The van der Waals surface area contributed by atoms with Gasteiger partial charge in [-0.2, -0.15) is 0 Å². The van der Waals surface area contributed by atoms with E-state index in [-0.39, 0.29) is 6.42 Å². The Kier molecular flexibility index (Phi) is 6.21. The van der Waals surface area contributed by atoms with Crippen molar-refractivity contribution in [3.05, 3.63) is 59.7 Å². The highest BCUT2D eigenvalue weighted by molar-refractivity contribution is 8.03. The Balaban J connectivity index is 1.73. The Hall–Kier alpha value is -1.39. The van der Waals surface area contributed by atoms with Gasteiger partial charge in [0.2, 0.25) is 0 Å². The fourth-order valence-corrected chi connectivity index (χ4v) is 3.63. The zero-order chi connectivity index (χ0) is 15.1. The van der Waals surface area contributed by atoms with E-state index >= 15 is 0 Å². The summed E-state index contributed by atoms with van der Waals surface area (Å²) in [5.74, 6) is 1.31. The lowest BCUT2D eigenvalue weighted by molar-refractivity contribution is -0.136. The minimum absolute atomic E-state index is 0.0915. The van der Waals surface area contributed by atoms with Crippen molar-refractivity contribution in [1.29, 1.82) is 0 Å². The highest BCUT2D eigenvalue weighted by Gasteiger charge is 2.01. The van der Waals surface area contributed by atoms with Crippen LogP contribution >= 0.6 is 23.5 Å². The molecule has 0 heterocycles. The lowest BCUT2D eigenvalue weighted by atomic mass is 10.2. The van der Waals surface area contributed by atoms with E-state index in [4.69, 9.17) is 5.11 Å². The average molecular weight is 318 g/mol. The number of aryl methyl sites for hydroxylation is 1. The highest BCUT2D eigenvalue weighted by atomic mass is 32.2. The quantitative estimate of drug-likeness (QED) is 0.602. The summed E-state index contributed by atoms with van der Waals surface area (Å²) >= 11 is 3.66. The molecule has 0 atom stereocenters. The largest absolute Gasteiger partial charge is 0.481 e. The van der Waals surface area contributed by atoms with Crippen molar-refractivity contribution in [2.45, 2.75) is 23.1 Å². The number of benzene rings is 2. The molecule has 2 rings (SSSR count). The summed E-state index contributed by atoms with van der Waals surface area (Å²) in [6, 6.07) is 16.4. The van der Waals surface area contributed by atoms with E-state index in [1.807, 2.05) is 36.0 Å². The molecule has 0 fully saturated rings. The predicted molar refractivity (Wildman–Crippen MR) is 90.4 cm³/mol. The summed E-state index contributed by atoms with van der Waals surface area (Å²) < 4.78 is 0. The average Bonchev–Trinajstić information content (AvgIpc) is 2.46. The molecule has 0 aromatic heterocycles. The molecule has 0 radical (unpaired) electrons. The minimum atomic E-state index is -0.787. The summed E-state index contributed by atoms with van der Waals surface area (Å²) in [6.45, 7) is 2.10. The first-order valence-corrected chi connectivity index (χ1v) is 8.73. The monoisotopic (exact) mass is 318 g/mol. The first kappa shape index (κ1) is 16.0. The number of aliphatic carboxylic acids is 1. The smallest absolute Gasteiger partial charge is 0.307 e. The molecular weight excluding hydrogens is 300 g/mol. The summed E-state index contributed by atoms with van der Waals surface area (Å²) in [4.78, 5) is 13.1. The van der Waals surface area contributed by atoms with Gasteiger partial charge in [0.15, 0.2) is 0 Å². The number of carboxylic acid groups (broad SMARTS) is 1. The van der Waals surface area contributed by atoms with Crippen LogP contribution in [0.5, 0.6) is 0 Å². The zero-order valence-electron chi connectivity index (χ0n) is 11.9. The molecule has 2 aromatic carbocycles. The van der Waals surface area contributed by atoms with Crippen LogP contribution in [0.15, 0.2) is 58.3 Å². The molecule has 4 heteroatoms. The topological polar surface area (TPSA) is 37.3 Å². The molecule has 0 aliphatic heterocycles. The maximum absolute atomic E-state index is 10.6. The predicted octanol–water partition coefficient (Wildman–Crippen LogP) is 4.51. The van der Waals surface area contributed by atoms with Crippen LogP contribution in [0.4, 0.5) is 0 Å². The van der Waals surface area contributed by atoms with Gasteiger partial charge in [0.05, 0.1) is 6.42 Å². The van der Waals surface area contributed by atoms with Crippen LogP contribution < -0.4 is 0 Å². The van der Waals surface area contributed by atoms with Crippen molar-refractivity contribution >= 4 is 29.5 Å². The molecule has 1 N–H and O–H groups in total. The molecule has 0 aliphatic rings. The van der Waals surface area contributed by atoms with Crippen LogP contribution in [0.25, 0.3) is 0 Å². The second-order valence-electron chi connectivity index (χ2n) is 4.72. The Morgan fingerprint density at radius 2 is 1.38 bits per heavy atom. The highest BCUT2D eigenvalue weighted by Crippen LogP contribution is 2.23. The van der Waals surface area contributed by atoms with Crippen LogP contribution in [0.3, 0.4) is 0 Å². The molecular formula is C17H18O2S2. The van der Waals surface area contributed by atoms with E-state index in [0.29, 0.717) is 0 Å². The van der Waals surface area contributed by atoms with Crippen molar-refractivity contribution in [3.8, 4) is 0 Å². The molecule has 110 valence electrons. The molecule has 0 saturated carbocycles. The molecule has 0 bridgehead atoms. The van der Waals surface area contributed by atoms with Crippen LogP contribution in [0, 0.1) is 6.92 Å². The fraction of sp³-hybridized carbons (Fsp3) is 0.235. The molecule has 0 saturated heterocycles. The van der Waals surface area contributed by atoms with Crippen LogP contribution in [-0.2, 0) is 11.2 Å². The van der Waals surface area contributed by atoms with Gasteiger partial charge in [-0.15, -0.1) is 23.5 Å². The lowest BCUT2D eigenvalue weighted by Gasteiger charge is -2.04. The number of thioether (sulfide) groups is 2. The van der Waals surface area contributed by atoms with E-state index in [0.717, 1.165) is 17.1 Å². The SMILES string of the molecule is Cc1ccc(SCCSc2ccc(CC(=O)O)cc2)cc1. The fourth-order valence-electron chi connectivity index (χ4n) is 1.83. The van der Waals surface area contributed by atoms with Crippen LogP contribution in [-0.4, -0.2) is 22.6 Å². The number of rotatable bonds is 7. The first-order chi connectivity index (χ1) is 10.1. The van der Waals surface area contributed by atoms with Gasteiger partial charge < -0.3 is 5.11 Å². The molecule has 21 heavy (non-hydrogen) atoms. The van der Waals surface area contributed by atoms with Gasteiger partial charge >= 0.3 is 5.97 Å². The molecule has 0 amide bonds. The van der Waals surface area contributed by atoms with Crippen molar-refractivity contribution in [2.24, 2.45) is 0 Å². The van der Waals surface area contributed by atoms with Crippen molar-refractivity contribution in [2.75, 3.05) is 11.5 Å². The molecule has 0 spiro atoms. The van der Waals surface area contributed by atoms with E-state index in [2.05, 4.69) is 31.2 Å². The maximum atomic E-state index is 10.6. The van der Waals surface area contributed by atoms with Gasteiger partial charge in [-0.05, 0) is 36.8 Å². The number of carbonyl (C=O) groups is 1. The molecule has 0 unspecified atom stereocenters. The standard InChI is InChI=1S/C17H18O2S2/c1-13-2-6-15(7-3-13)20-10-11-21-16-8-4-14(5-9-16)12-17(18)19/h2-9H,10-12H2,1H3,(H,18,19). The van der Waals surface area contributed by atoms with Gasteiger partial charge in [-0.25, -0.2) is 0 Å². The first-order valence-electron chi connectivity index (χ1n) is 6.76. The van der Waals surface area contributed by atoms with Gasteiger partial charge in [0.25, 0.3) is 0 Å². The third-order valence-electron chi connectivity index (χ3n) is 2.92. The van der Waals surface area contributed by atoms with E-state index < -0.39 is 5.97 Å². The van der Waals surface area contributed by atoms with Crippen molar-refractivity contribution in [3.63, 3.8) is 0 Å². The lowest BCUT2D eigenvalue weighted by Crippen LogP contribution is -1.99. The third-order valence-corrected chi connectivity index (χ3v) is 5.21. The van der Waals surface area contributed by atoms with E-state index in [9.17, 15) is 4.79 Å². The summed E-state index contributed by atoms with van der Waals surface area (Å²) in [5, 5.41) is 8.73. The molecule has 2 aromatic rings. The van der Waals surface area contributed by atoms with Gasteiger partial charge in [-0.1, -0.05) is 29.8 Å². The zero-order valence-corrected chi connectivity index (χ0v) is 13.5. The second kappa shape index (κ2) is 8.15. The molecule has 0 aliphatic carbocycles. The number of hydrogen-bond acceptors (Lipinski definition) is 3. The summed E-state index contributed by atoms with van der Waals surface area (Å²) in [7, 11) is 0. The summed E-state index contributed by atoms with van der Waals surface area (Å²) in [6.07, 6.45) is 0.0915. The Morgan fingerprint density at radius 1 is 0.905 bits per heavy atom. The Bertz CT molecular complexity index is 577. The maximum Gasteiger partial charge on any atom is 0.307 e. The Morgan fingerprint density at radius 3 is 1.86 bits per heavy atom. The normalized spacial score (nSPS) is 10.5. The van der Waals surface area contributed by atoms with Gasteiger partial charge in [0, 0.05) is 21.3 Å². The second-order valence-corrected chi connectivity index (χ2v) is 7.06. The van der Waals surface area contributed by atoms with E-state index in [1.165, 1.54) is 15.4 Å². The van der Waals surface area contributed by atoms with Gasteiger partial charge in [-0.3, -0.25) is 4.79 Å². The summed E-state index contributed by atoms with van der Waals surface area (Å²) in [5.41, 5.74) is 2.14. The number of carboxylic acids is 1. The van der Waals surface area contributed by atoms with Crippen LogP contribution in [0.2, 0.25) is 0 Å². The molecule has 2 nitrogen and oxygen atoms in total. The third kappa shape index (κ3) is 5.86. The minimum Gasteiger partial charge on any atom is -0.481 e. The Labute approximate surface area is 134 Å². The van der Waals surface area contributed by atoms with E-state index in [1.54, 1.807) is 11.8 Å².